The van der Waals surface area contributed by atoms with Gasteiger partial charge >= 0.3 is 0 Å². The van der Waals surface area contributed by atoms with Crippen LogP contribution in [0.4, 0.5) is 4.39 Å². The number of piperazine rings is 1. The van der Waals surface area contributed by atoms with Crippen molar-refractivity contribution in [2.24, 2.45) is 0 Å². The lowest BCUT2D eigenvalue weighted by molar-refractivity contribution is 0.222. The van der Waals surface area contributed by atoms with E-state index in [1.54, 1.807) is 6.08 Å². The summed E-state index contributed by atoms with van der Waals surface area (Å²) in [7, 11) is 0. The first kappa shape index (κ1) is 8.48. The van der Waals surface area contributed by atoms with E-state index in [0.717, 1.165) is 25.2 Å². The van der Waals surface area contributed by atoms with E-state index in [4.69, 9.17) is 0 Å². The summed E-state index contributed by atoms with van der Waals surface area (Å²) in [6, 6.07) is 0.771. The molecule has 3 aliphatic rings. The maximum atomic E-state index is 13.7. The summed E-state index contributed by atoms with van der Waals surface area (Å²) in [5, 5.41) is 3.43. The number of rotatable bonds is 0. The number of hydrogen-bond donors (Lipinski definition) is 1. The van der Waals surface area contributed by atoms with Crippen LogP contribution in [0, 0.1) is 0 Å². The topological polar surface area (TPSA) is 15.3 Å². The van der Waals surface area contributed by atoms with Crippen molar-refractivity contribution < 1.29 is 4.39 Å². The first-order chi connectivity index (χ1) is 6.86. The third kappa shape index (κ3) is 1.12. The van der Waals surface area contributed by atoms with E-state index in [0.29, 0.717) is 6.04 Å². The van der Waals surface area contributed by atoms with Gasteiger partial charge in [-0.25, -0.2) is 4.39 Å². The molecule has 2 saturated heterocycles. The monoisotopic (exact) mass is 194 g/mol. The Morgan fingerprint density at radius 2 is 2.43 bits per heavy atom. The van der Waals surface area contributed by atoms with Crippen LogP contribution >= 0.6 is 0 Å². The van der Waals surface area contributed by atoms with Crippen molar-refractivity contribution in [1.29, 1.82) is 0 Å². The van der Waals surface area contributed by atoms with Crippen molar-refractivity contribution in [2.75, 3.05) is 13.1 Å². The quantitative estimate of drug-likeness (QED) is 0.629. The lowest BCUT2D eigenvalue weighted by atomic mass is 9.98. The highest BCUT2D eigenvalue weighted by Gasteiger charge is 2.36. The van der Waals surface area contributed by atoms with Crippen LogP contribution in [0.3, 0.4) is 0 Å². The molecule has 1 N–H and O–H groups in total. The molecule has 0 aromatic heterocycles. The fraction of sp³-hybridized carbons (Fsp3) is 0.636. The van der Waals surface area contributed by atoms with E-state index in [2.05, 4.69) is 10.2 Å². The maximum absolute atomic E-state index is 13.7. The van der Waals surface area contributed by atoms with Crippen molar-refractivity contribution in [1.82, 2.24) is 10.2 Å². The molecule has 0 spiro atoms. The summed E-state index contributed by atoms with van der Waals surface area (Å²) in [6.07, 6.45) is 6.90. The largest absolute Gasteiger partial charge is 0.367 e. The molecule has 2 aliphatic heterocycles. The molecule has 2 atom stereocenters. The minimum Gasteiger partial charge on any atom is -0.367 e. The van der Waals surface area contributed by atoms with E-state index in [9.17, 15) is 4.39 Å². The molecule has 0 unspecified atom stereocenters. The fourth-order valence-electron chi connectivity index (χ4n) is 2.83. The molecule has 0 aromatic rings. The Morgan fingerprint density at radius 1 is 1.50 bits per heavy atom. The van der Waals surface area contributed by atoms with Crippen molar-refractivity contribution in [3.63, 3.8) is 0 Å². The van der Waals surface area contributed by atoms with Gasteiger partial charge in [0.05, 0.1) is 11.7 Å². The van der Waals surface area contributed by atoms with Gasteiger partial charge in [-0.3, -0.25) is 0 Å². The molecule has 0 bridgehead atoms. The lowest BCUT2D eigenvalue weighted by Gasteiger charge is -2.41. The standard InChI is InChI=1S/C11H15FN2/c12-9-4-1-5-10-11(9)14-6-2-3-8(14)7-13-10/h1,4,8,10,13H,2-3,5-7H2/t8-,10+/m1/s1. The Bertz CT molecular complexity index is 308. The maximum Gasteiger partial charge on any atom is 0.143 e. The first-order valence-electron chi connectivity index (χ1n) is 5.42. The van der Waals surface area contributed by atoms with E-state index < -0.39 is 0 Å². The molecule has 3 rings (SSSR count). The number of allylic oxidation sites excluding steroid dienone is 2. The summed E-state index contributed by atoms with van der Waals surface area (Å²) in [6.45, 7) is 2.06. The highest BCUT2D eigenvalue weighted by atomic mass is 19.1. The predicted octanol–water partition coefficient (Wildman–Crippen LogP) is 1.56. The first-order valence-corrected chi connectivity index (χ1v) is 5.42. The second kappa shape index (κ2) is 3.09. The Kier molecular flexibility index (Phi) is 1.87. The van der Waals surface area contributed by atoms with Gasteiger partial charge in [0.25, 0.3) is 0 Å². The van der Waals surface area contributed by atoms with Crippen molar-refractivity contribution in [3.8, 4) is 0 Å². The van der Waals surface area contributed by atoms with E-state index in [-0.39, 0.29) is 11.9 Å². The number of nitrogens with zero attached hydrogens (tertiary/aromatic N) is 1. The molecule has 0 radical (unpaired) electrons. The van der Waals surface area contributed by atoms with Crippen LogP contribution in [0.15, 0.2) is 23.7 Å². The molecular weight excluding hydrogens is 179 g/mol. The number of hydrogen-bond acceptors (Lipinski definition) is 2. The van der Waals surface area contributed by atoms with Gasteiger partial charge in [0.2, 0.25) is 0 Å². The fourth-order valence-corrected chi connectivity index (χ4v) is 2.83. The molecule has 0 saturated carbocycles. The van der Waals surface area contributed by atoms with Gasteiger partial charge in [0.15, 0.2) is 0 Å². The van der Waals surface area contributed by atoms with Gasteiger partial charge in [0, 0.05) is 19.1 Å². The Labute approximate surface area is 83.5 Å². The minimum atomic E-state index is -0.0275. The third-order valence-corrected chi connectivity index (χ3v) is 3.50. The average Bonchev–Trinajstić information content (AvgIpc) is 2.65. The van der Waals surface area contributed by atoms with Crippen LogP contribution in [0.25, 0.3) is 0 Å². The van der Waals surface area contributed by atoms with Crippen LogP contribution in [-0.2, 0) is 0 Å². The average molecular weight is 194 g/mol. The molecule has 2 nitrogen and oxygen atoms in total. The Morgan fingerprint density at radius 3 is 3.36 bits per heavy atom. The number of halogens is 1. The van der Waals surface area contributed by atoms with Crippen molar-refractivity contribution >= 4 is 0 Å². The minimum absolute atomic E-state index is 0.0275. The van der Waals surface area contributed by atoms with E-state index in [1.807, 2.05) is 6.08 Å². The number of fused-ring (bicyclic) bond motifs is 3. The van der Waals surface area contributed by atoms with Gasteiger partial charge in [0.1, 0.15) is 5.83 Å². The zero-order chi connectivity index (χ0) is 9.54. The molecule has 14 heavy (non-hydrogen) atoms. The molecule has 76 valence electrons. The Hall–Kier alpha value is -0.830. The molecule has 0 aromatic carbocycles. The summed E-state index contributed by atoms with van der Waals surface area (Å²) in [4.78, 5) is 2.28. The Balaban J connectivity index is 1.98. The van der Waals surface area contributed by atoms with Gasteiger partial charge in [-0.2, -0.15) is 0 Å². The zero-order valence-electron chi connectivity index (χ0n) is 8.17. The van der Waals surface area contributed by atoms with Gasteiger partial charge < -0.3 is 10.2 Å². The molecule has 2 fully saturated rings. The van der Waals surface area contributed by atoms with Crippen LogP contribution in [-0.4, -0.2) is 30.1 Å². The third-order valence-electron chi connectivity index (χ3n) is 3.50. The van der Waals surface area contributed by atoms with Gasteiger partial charge in [-0.15, -0.1) is 0 Å². The SMILES string of the molecule is FC1=C2[C@H](CC=C1)NC[C@H]1CCCN21. The molecule has 2 heterocycles. The van der Waals surface area contributed by atoms with Crippen LogP contribution < -0.4 is 5.32 Å². The zero-order valence-corrected chi connectivity index (χ0v) is 8.17. The second-order valence-corrected chi connectivity index (χ2v) is 4.32. The highest BCUT2D eigenvalue weighted by Crippen LogP contribution is 2.33. The van der Waals surface area contributed by atoms with Crippen molar-refractivity contribution in [3.05, 3.63) is 23.7 Å². The van der Waals surface area contributed by atoms with E-state index in [1.165, 1.54) is 12.8 Å². The summed E-state index contributed by atoms with van der Waals surface area (Å²) in [5.41, 5.74) is 0.918. The van der Waals surface area contributed by atoms with Crippen LogP contribution in [0.2, 0.25) is 0 Å². The summed E-state index contributed by atoms with van der Waals surface area (Å²) < 4.78 is 13.7. The van der Waals surface area contributed by atoms with Gasteiger partial charge in [-0.1, -0.05) is 6.08 Å². The molecule has 1 aliphatic carbocycles. The summed E-state index contributed by atoms with van der Waals surface area (Å²) >= 11 is 0. The number of nitrogens with one attached hydrogen (secondary N) is 1. The smallest absolute Gasteiger partial charge is 0.143 e. The highest BCUT2D eigenvalue weighted by molar-refractivity contribution is 5.31. The van der Waals surface area contributed by atoms with E-state index >= 15 is 0 Å². The predicted molar refractivity (Wildman–Crippen MR) is 53.4 cm³/mol. The molecule has 3 heteroatoms. The summed E-state index contributed by atoms with van der Waals surface area (Å²) in [5.74, 6) is -0.0275. The second-order valence-electron chi connectivity index (χ2n) is 4.32. The normalized spacial score (nSPS) is 35.9. The lowest BCUT2D eigenvalue weighted by Crippen LogP contribution is -2.52. The molecule has 0 amide bonds. The van der Waals surface area contributed by atoms with Crippen LogP contribution in [0.5, 0.6) is 0 Å². The van der Waals surface area contributed by atoms with Crippen LogP contribution in [0.1, 0.15) is 19.3 Å². The van der Waals surface area contributed by atoms with Crippen molar-refractivity contribution in [2.45, 2.75) is 31.3 Å². The van der Waals surface area contributed by atoms with Gasteiger partial charge in [-0.05, 0) is 25.3 Å². The molecular formula is C11H15FN2.